The molecule has 1 amide bonds. The zero-order valence-electron chi connectivity index (χ0n) is 21.4. The molecular formula is C29H33N7O. The summed E-state index contributed by atoms with van der Waals surface area (Å²) in [5.41, 5.74) is 6.01. The second kappa shape index (κ2) is 12.7. The lowest BCUT2D eigenvalue weighted by atomic mass is 10.1. The number of nitrogens with zero attached hydrogens (tertiary/aromatic N) is 4. The van der Waals surface area contributed by atoms with Gasteiger partial charge in [-0.3, -0.25) is 14.7 Å². The number of anilines is 3. The van der Waals surface area contributed by atoms with Crippen molar-refractivity contribution in [1.82, 2.24) is 20.2 Å². The van der Waals surface area contributed by atoms with Gasteiger partial charge in [-0.25, -0.2) is 9.97 Å². The lowest BCUT2D eigenvalue weighted by molar-refractivity contribution is 0.102. The van der Waals surface area contributed by atoms with E-state index in [1.54, 1.807) is 24.7 Å². The first-order valence-electron chi connectivity index (χ1n) is 12.4. The molecule has 3 aromatic rings. The summed E-state index contributed by atoms with van der Waals surface area (Å²) in [5.74, 6) is 0.312. The van der Waals surface area contributed by atoms with Gasteiger partial charge in [-0.15, -0.1) is 0 Å². The second-order valence-electron chi connectivity index (χ2n) is 8.94. The van der Waals surface area contributed by atoms with E-state index in [-0.39, 0.29) is 5.91 Å². The number of benzene rings is 2. The Kier molecular flexibility index (Phi) is 8.91. The van der Waals surface area contributed by atoms with Crippen LogP contribution in [-0.2, 0) is 6.54 Å². The van der Waals surface area contributed by atoms with Gasteiger partial charge in [0.2, 0.25) is 5.95 Å². The summed E-state index contributed by atoms with van der Waals surface area (Å²) in [5, 5.41) is 9.64. The third-order valence-corrected chi connectivity index (χ3v) is 6.09. The Morgan fingerprint density at radius 1 is 1.16 bits per heavy atom. The van der Waals surface area contributed by atoms with Crippen molar-refractivity contribution in [2.45, 2.75) is 20.4 Å². The van der Waals surface area contributed by atoms with Crippen molar-refractivity contribution in [3.63, 3.8) is 0 Å². The van der Waals surface area contributed by atoms with Crippen LogP contribution in [0.2, 0.25) is 0 Å². The largest absolute Gasteiger partial charge is 0.324 e. The summed E-state index contributed by atoms with van der Waals surface area (Å²) in [6.45, 7) is 12.6. The zero-order valence-corrected chi connectivity index (χ0v) is 21.4. The van der Waals surface area contributed by atoms with E-state index in [0.29, 0.717) is 17.2 Å². The Labute approximate surface area is 218 Å². The van der Waals surface area contributed by atoms with E-state index in [2.05, 4.69) is 42.4 Å². The maximum atomic E-state index is 12.9. The molecule has 8 nitrogen and oxygen atoms in total. The van der Waals surface area contributed by atoms with E-state index in [1.165, 1.54) is 5.56 Å². The van der Waals surface area contributed by atoms with Gasteiger partial charge < -0.3 is 16.0 Å². The summed E-state index contributed by atoms with van der Waals surface area (Å²) in [6, 6.07) is 15.4. The molecule has 0 aliphatic carbocycles. The number of hydrogen-bond donors (Lipinski definition) is 3. The topological polar surface area (TPSA) is 94.5 Å². The van der Waals surface area contributed by atoms with Crippen molar-refractivity contribution >= 4 is 35.0 Å². The summed E-state index contributed by atoms with van der Waals surface area (Å²) in [6.07, 6.45) is 6.67. The van der Waals surface area contributed by atoms with Gasteiger partial charge in [-0.05, 0) is 60.9 Å². The predicted molar refractivity (Wildman–Crippen MR) is 151 cm³/mol. The molecule has 0 saturated carbocycles. The average molecular weight is 496 g/mol. The molecule has 8 heteroatoms. The Hall–Kier alpha value is -4.14. The molecule has 0 radical (unpaired) electrons. The summed E-state index contributed by atoms with van der Waals surface area (Å²) >= 11 is 0. The van der Waals surface area contributed by atoms with Crippen LogP contribution in [0.3, 0.4) is 0 Å². The van der Waals surface area contributed by atoms with Crippen LogP contribution in [0, 0.1) is 6.92 Å². The van der Waals surface area contributed by atoms with Crippen molar-refractivity contribution in [3.8, 4) is 0 Å². The number of piperazine rings is 1. The molecule has 2 aromatic carbocycles. The molecule has 1 saturated heterocycles. The number of amides is 1. The Morgan fingerprint density at radius 2 is 1.95 bits per heavy atom. The van der Waals surface area contributed by atoms with E-state index in [4.69, 9.17) is 0 Å². The monoisotopic (exact) mass is 495 g/mol. The van der Waals surface area contributed by atoms with E-state index >= 15 is 0 Å². The number of hydrogen-bond acceptors (Lipinski definition) is 7. The standard InChI is InChI=1S/C29H33N7O/c1-4-12-31-19-22(3)26-11-13-32-29(34-26)35-27-18-25(10-5-21(27)2)33-28(37)24-8-6-23(7-9-24)20-36-16-14-30-15-17-36/h4-13,18-19,30H,1,14-17,20H2,2-3H3,(H,33,37)(H,32,34,35)/b22-19+,31-12?. The van der Waals surface area contributed by atoms with Crippen LogP contribution in [-0.4, -0.2) is 53.2 Å². The van der Waals surface area contributed by atoms with Crippen molar-refractivity contribution < 1.29 is 4.79 Å². The number of aryl methyl sites for hydroxylation is 1. The van der Waals surface area contributed by atoms with E-state index in [1.807, 2.05) is 62.4 Å². The fourth-order valence-electron chi connectivity index (χ4n) is 3.97. The van der Waals surface area contributed by atoms with E-state index < -0.39 is 0 Å². The van der Waals surface area contributed by atoms with E-state index in [9.17, 15) is 4.79 Å². The van der Waals surface area contributed by atoms with Crippen molar-refractivity contribution in [2.24, 2.45) is 4.99 Å². The number of nitrogens with one attached hydrogen (secondary N) is 3. The Bertz CT molecular complexity index is 1290. The van der Waals surface area contributed by atoms with Crippen molar-refractivity contribution in [1.29, 1.82) is 0 Å². The molecule has 1 fully saturated rings. The van der Waals surface area contributed by atoms with Gasteiger partial charge in [0.1, 0.15) is 0 Å². The van der Waals surface area contributed by atoms with Crippen LogP contribution in [0.15, 0.2) is 78.6 Å². The minimum atomic E-state index is -0.150. The summed E-state index contributed by atoms with van der Waals surface area (Å²) in [7, 11) is 0. The zero-order chi connectivity index (χ0) is 26.0. The number of carbonyl (C=O) groups is 1. The van der Waals surface area contributed by atoms with Crippen LogP contribution in [0.25, 0.3) is 5.57 Å². The minimum Gasteiger partial charge on any atom is -0.324 e. The van der Waals surface area contributed by atoms with Gasteiger partial charge in [0.05, 0.1) is 5.69 Å². The molecule has 1 aromatic heterocycles. The van der Waals surface area contributed by atoms with Gasteiger partial charge >= 0.3 is 0 Å². The maximum absolute atomic E-state index is 12.9. The third-order valence-electron chi connectivity index (χ3n) is 6.09. The Balaban J connectivity index is 1.41. The SMILES string of the molecule is C=CC=N/C=C(\C)c1ccnc(Nc2cc(NC(=O)c3ccc(CN4CCNCC4)cc3)ccc2C)n1. The lowest BCUT2D eigenvalue weighted by Crippen LogP contribution is -2.42. The smallest absolute Gasteiger partial charge is 0.255 e. The Morgan fingerprint density at radius 3 is 2.70 bits per heavy atom. The summed E-state index contributed by atoms with van der Waals surface area (Å²) in [4.78, 5) is 28.4. The highest BCUT2D eigenvalue weighted by atomic mass is 16.1. The van der Waals surface area contributed by atoms with Gasteiger partial charge in [0.25, 0.3) is 5.91 Å². The fraction of sp³-hybridized carbons (Fsp3) is 0.241. The summed E-state index contributed by atoms with van der Waals surface area (Å²) < 4.78 is 0. The molecule has 3 N–H and O–H groups in total. The van der Waals surface area contributed by atoms with Gasteiger partial charge in [0.15, 0.2) is 0 Å². The number of aliphatic imine (C=N–C) groups is 1. The highest BCUT2D eigenvalue weighted by Gasteiger charge is 2.12. The number of aromatic nitrogens is 2. The molecule has 2 heterocycles. The average Bonchev–Trinajstić information content (AvgIpc) is 2.92. The molecule has 1 aliphatic heterocycles. The van der Waals surface area contributed by atoms with Crippen LogP contribution in [0.4, 0.5) is 17.3 Å². The number of allylic oxidation sites excluding steroid dienone is 2. The van der Waals surface area contributed by atoms with Crippen molar-refractivity contribution in [3.05, 3.63) is 96.0 Å². The molecule has 0 unspecified atom stereocenters. The minimum absolute atomic E-state index is 0.150. The second-order valence-corrected chi connectivity index (χ2v) is 8.94. The molecule has 0 bridgehead atoms. The molecule has 0 atom stereocenters. The highest BCUT2D eigenvalue weighted by Crippen LogP contribution is 2.24. The van der Waals surface area contributed by atoms with Gasteiger partial charge in [0, 0.05) is 68.3 Å². The highest BCUT2D eigenvalue weighted by molar-refractivity contribution is 6.04. The van der Waals surface area contributed by atoms with Crippen LogP contribution in [0.1, 0.15) is 34.1 Å². The van der Waals surface area contributed by atoms with Crippen LogP contribution in [0.5, 0.6) is 0 Å². The number of rotatable bonds is 9. The third kappa shape index (κ3) is 7.42. The fourth-order valence-corrected chi connectivity index (χ4v) is 3.97. The lowest BCUT2D eigenvalue weighted by Gasteiger charge is -2.27. The maximum Gasteiger partial charge on any atom is 0.255 e. The van der Waals surface area contributed by atoms with Gasteiger partial charge in [-0.1, -0.05) is 30.9 Å². The quantitative estimate of drug-likeness (QED) is 0.369. The molecule has 37 heavy (non-hydrogen) atoms. The molecule has 190 valence electrons. The first-order valence-corrected chi connectivity index (χ1v) is 12.4. The molecule has 0 spiro atoms. The molecule has 4 rings (SSSR count). The molecule has 1 aliphatic rings. The normalized spacial score (nSPS) is 14.5. The van der Waals surface area contributed by atoms with E-state index in [0.717, 1.165) is 55.2 Å². The van der Waals surface area contributed by atoms with Gasteiger partial charge in [-0.2, -0.15) is 0 Å². The van der Waals surface area contributed by atoms with Crippen molar-refractivity contribution in [2.75, 3.05) is 36.8 Å². The molecular weight excluding hydrogens is 462 g/mol. The van der Waals surface area contributed by atoms with Crippen LogP contribution >= 0.6 is 0 Å². The van der Waals surface area contributed by atoms with Crippen LogP contribution < -0.4 is 16.0 Å². The first-order chi connectivity index (χ1) is 18.0. The predicted octanol–water partition coefficient (Wildman–Crippen LogP) is 4.80. The number of carbonyl (C=O) groups excluding carboxylic acids is 1. The first kappa shape index (κ1) is 25.9.